The Morgan fingerprint density at radius 2 is 1.67 bits per heavy atom. The van der Waals surface area contributed by atoms with E-state index in [1.54, 1.807) is 48.3 Å². The van der Waals surface area contributed by atoms with Crippen LogP contribution in [-0.2, 0) is 10.0 Å². The number of nitrogens with one attached hydrogen (secondary N) is 1. The zero-order valence-electron chi connectivity index (χ0n) is 13.9. The fraction of sp³-hybridized carbons (Fsp3) is 0.278. The van der Waals surface area contributed by atoms with E-state index >= 15 is 0 Å². The maximum atomic E-state index is 12.4. The molecule has 0 aromatic heterocycles. The molecule has 2 aromatic rings. The molecular formula is C18H22N2O3S. The molecule has 0 saturated heterocycles. The molecule has 5 nitrogen and oxygen atoms in total. The molecule has 0 radical (unpaired) electrons. The van der Waals surface area contributed by atoms with Crippen LogP contribution in [0.15, 0.2) is 59.5 Å². The van der Waals surface area contributed by atoms with Crippen LogP contribution in [-0.4, -0.2) is 32.8 Å². The fourth-order valence-electron chi connectivity index (χ4n) is 2.21. The molecule has 2 aromatic carbocycles. The van der Waals surface area contributed by atoms with Gasteiger partial charge in [-0.3, -0.25) is 9.52 Å². The van der Waals surface area contributed by atoms with Crippen LogP contribution in [0.25, 0.3) is 0 Å². The van der Waals surface area contributed by atoms with Crippen molar-refractivity contribution in [3.63, 3.8) is 0 Å². The Morgan fingerprint density at radius 1 is 1.04 bits per heavy atom. The molecule has 0 atom stereocenters. The van der Waals surface area contributed by atoms with Crippen LogP contribution < -0.4 is 4.72 Å². The summed E-state index contributed by atoms with van der Waals surface area (Å²) in [4.78, 5) is 14.0. The maximum Gasteiger partial charge on any atom is 0.261 e. The minimum Gasteiger partial charge on any atom is -0.342 e. The lowest BCUT2D eigenvalue weighted by Crippen LogP contribution is -2.27. The molecule has 0 unspecified atom stereocenters. The first-order valence-electron chi connectivity index (χ1n) is 7.87. The van der Waals surface area contributed by atoms with Crippen molar-refractivity contribution in [3.8, 4) is 0 Å². The second-order valence-corrected chi connectivity index (χ2v) is 7.26. The quantitative estimate of drug-likeness (QED) is 0.836. The Balaban J connectivity index is 2.12. The highest BCUT2D eigenvalue weighted by molar-refractivity contribution is 7.92. The molecule has 0 aliphatic carbocycles. The molecule has 6 heteroatoms. The number of hydrogen-bond acceptors (Lipinski definition) is 3. The predicted octanol–water partition coefficient (Wildman–Crippen LogP) is 3.36. The maximum absolute atomic E-state index is 12.4. The molecule has 0 aliphatic rings. The van der Waals surface area contributed by atoms with E-state index in [2.05, 4.69) is 11.6 Å². The number of para-hydroxylation sites is 1. The van der Waals surface area contributed by atoms with Crippen molar-refractivity contribution in [3.05, 3.63) is 60.2 Å². The molecule has 24 heavy (non-hydrogen) atoms. The van der Waals surface area contributed by atoms with Gasteiger partial charge in [0.2, 0.25) is 0 Å². The molecule has 1 amide bonds. The Kier molecular flexibility index (Phi) is 5.98. The highest BCUT2D eigenvalue weighted by atomic mass is 32.2. The predicted molar refractivity (Wildman–Crippen MR) is 95.6 cm³/mol. The van der Waals surface area contributed by atoms with Gasteiger partial charge in [-0.05, 0) is 42.8 Å². The van der Waals surface area contributed by atoms with Crippen LogP contribution in [0.4, 0.5) is 5.69 Å². The lowest BCUT2D eigenvalue weighted by molar-refractivity contribution is 0.0793. The van der Waals surface area contributed by atoms with Crippen molar-refractivity contribution in [2.45, 2.75) is 24.7 Å². The first kappa shape index (κ1) is 18.0. The van der Waals surface area contributed by atoms with Gasteiger partial charge in [-0.1, -0.05) is 31.5 Å². The van der Waals surface area contributed by atoms with Gasteiger partial charge in [0.1, 0.15) is 0 Å². The first-order chi connectivity index (χ1) is 11.4. The van der Waals surface area contributed by atoms with Gasteiger partial charge in [-0.2, -0.15) is 0 Å². The lowest BCUT2D eigenvalue weighted by Gasteiger charge is -2.17. The van der Waals surface area contributed by atoms with Crippen LogP contribution in [0, 0.1) is 0 Å². The van der Waals surface area contributed by atoms with Crippen molar-refractivity contribution in [1.82, 2.24) is 4.90 Å². The third kappa shape index (κ3) is 4.58. The minimum absolute atomic E-state index is 0.108. The van der Waals surface area contributed by atoms with Crippen LogP contribution in [0.2, 0.25) is 0 Å². The number of rotatable bonds is 7. The van der Waals surface area contributed by atoms with Crippen molar-refractivity contribution in [2.75, 3.05) is 18.3 Å². The Hall–Kier alpha value is -2.34. The summed E-state index contributed by atoms with van der Waals surface area (Å²) in [5, 5.41) is 0. The molecule has 2 rings (SSSR count). The highest BCUT2D eigenvalue weighted by Crippen LogP contribution is 2.17. The van der Waals surface area contributed by atoms with E-state index in [-0.39, 0.29) is 10.8 Å². The molecule has 128 valence electrons. The number of hydrogen-bond donors (Lipinski definition) is 1. The van der Waals surface area contributed by atoms with E-state index in [4.69, 9.17) is 0 Å². The summed E-state index contributed by atoms with van der Waals surface area (Å²) in [6.45, 7) is 2.75. The standard InChI is InChI=1S/C18H22N2O3S/c1-3-4-14-20(2)18(21)15-10-12-17(13-11-15)24(22,23)19-16-8-6-5-7-9-16/h5-13,19H,3-4,14H2,1-2H3. The van der Waals surface area contributed by atoms with Crippen molar-refractivity contribution < 1.29 is 13.2 Å². The Bertz CT molecular complexity index is 772. The van der Waals surface area contributed by atoms with Crippen LogP contribution in [0.3, 0.4) is 0 Å². The Morgan fingerprint density at radius 3 is 2.25 bits per heavy atom. The average molecular weight is 346 g/mol. The molecule has 0 spiro atoms. The number of carbonyl (C=O) groups excluding carboxylic acids is 1. The number of nitrogens with zero attached hydrogens (tertiary/aromatic N) is 1. The third-order valence-electron chi connectivity index (χ3n) is 3.63. The normalized spacial score (nSPS) is 11.1. The molecule has 0 heterocycles. The Labute approximate surface area is 143 Å². The summed E-state index contributed by atoms with van der Waals surface area (Å²) in [6, 6.07) is 14.7. The summed E-state index contributed by atoms with van der Waals surface area (Å²) in [5.74, 6) is -0.108. The fourth-order valence-corrected chi connectivity index (χ4v) is 3.27. The van der Waals surface area contributed by atoms with Crippen molar-refractivity contribution in [2.24, 2.45) is 0 Å². The number of amides is 1. The molecular weight excluding hydrogens is 324 g/mol. The van der Waals surface area contributed by atoms with Crippen LogP contribution in [0.5, 0.6) is 0 Å². The van der Waals surface area contributed by atoms with E-state index in [1.807, 2.05) is 6.07 Å². The van der Waals surface area contributed by atoms with Gasteiger partial charge in [0.05, 0.1) is 4.90 Å². The van der Waals surface area contributed by atoms with E-state index in [0.717, 1.165) is 12.8 Å². The summed E-state index contributed by atoms with van der Waals surface area (Å²) >= 11 is 0. The van der Waals surface area contributed by atoms with Crippen molar-refractivity contribution in [1.29, 1.82) is 0 Å². The van der Waals surface area contributed by atoms with E-state index in [9.17, 15) is 13.2 Å². The van der Waals surface area contributed by atoms with Gasteiger partial charge in [-0.15, -0.1) is 0 Å². The smallest absolute Gasteiger partial charge is 0.261 e. The molecule has 0 saturated carbocycles. The van der Waals surface area contributed by atoms with E-state index in [0.29, 0.717) is 17.8 Å². The summed E-state index contributed by atoms with van der Waals surface area (Å²) in [6.07, 6.45) is 1.95. The first-order valence-corrected chi connectivity index (χ1v) is 9.36. The van der Waals surface area contributed by atoms with Crippen LogP contribution >= 0.6 is 0 Å². The summed E-state index contributed by atoms with van der Waals surface area (Å²) < 4.78 is 27.2. The number of anilines is 1. The van der Waals surface area contributed by atoms with Gasteiger partial charge < -0.3 is 4.90 Å². The molecule has 1 N–H and O–H groups in total. The molecule has 0 bridgehead atoms. The topological polar surface area (TPSA) is 66.5 Å². The molecule has 0 aliphatic heterocycles. The summed E-state index contributed by atoms with van der Waals surface area (Å²) in [7, 11) is -1.92. The number of unbranched alkanes of at least 4 members (excludes halogenated alkanes) is 1. The van der Waals surface area contributed by atoms with Gasteiger partial charge in [0, 0.05) is 24.8 Å². The summed E-state index contributed by atoms with van der Waals surface area (Å²) in [5.41, 5.74) is 0.976. The number of sulfonamides is 1. The van der Waals surface area contributed by atoms with Crippen LogP contribution in [0.1, 0.15) is 30.1 Å². The minimum atomic E-state index is -3.67. The van der Waals surface area contributed by atoms with Gasteiger partial charge in [0.25, 0.3) is 15.9 Å². The monoisotopic (exact) mass is 346 g/mol. The van der Waals surface area contributed by atoms with E-state index in [1.165, 1.54) is 12.1 Å². The second-order valence-electron chi connectivity index (χ2n) is 5.58. The third-order valence-corrected chi connectivity index (χ3v) is 5.03. The largest absolute Gasteiger partial charge is 0.342 e. The SMILES string of the molecule is CCCCN(C)C(=O)c1ccc(S(=O)(=O)Nc2ccccc2)cc1. The highest BCUT2D eigenvalue weighted by Gasteiger charge is 2.16. The van der Waals surface area contributed by atoms with Gasteiger partial charge in [-0.25, -0.2) is 8.42 Å². The van der Waals surface area contributed by atoms with Gasteiger partial charge >= 0.3 is 0 Å². The lowest BCUT2D eigenvalue weighted by atomic mass is 10.2. The number of carbonyl (C=O) groups is 1. The van der Waals surface area contributed by atoms with Gasteiger partial charge in [0.15, 0.2) is 0 Å². The second kappa shape index (κ2) is 7.97. The van der Waals surface area contributed by atoms with Crippen molar-refractivity contribution >= 4 is 21.6 Å². The molecule has 0 fully saturated rings. The van der Waals surface area contributed by atoms with E-state index < -0.39 is 10.0 Å². The zero-order valence-corrected chi connectivity index (χ0v) is 14.7. The zero-order chi connectivity index (χ0) is 17.6. The average Bonchev–Trinajstić information content (AvgIpc) is 2.59. The number of benzene rings is 2.